The molecule has 2 aromatic rings. The summed E-state index contributed by atoms with van der Waals surface area (Å²) >= 11 is 1.60. The van der Waals surface area contributed by atoms with E-state index in [0.717, 1.165) is 5.56 Å². The molecule has 1 saturated heterocycles. The highest BCUT2D eigenvalue weighted by Gasteiger charge is 2.48. The molecule has 0 aromatic heterocycles. The van der Waals surface area contributed by atoms with Gasteiger partial charge in [-0.3, -0.25) is 9.59 Å². The van der Waals surface area contributed by atoms with Crippen LogP contribution < -0.4 is 5.32 Å². The summed E-state index contributed by atoms with van der Waals surface area (Å²) in [5.74, 6) is 0.333. The lowest BCUT2D eigenvalue weighted by Crippen LogP contribution is -2.42. The van der Waals surface area contributed by atoms with Gasteiger partial charge in [-0.15, -0.1) is 11.8 Å². The minimum Gasteiger partial charge on any atom is -0.508 e. The fraction of sp³-hybridized carbons (Fsp3) is 0.176. The molecule has 5 nitrogen and oxygen atoms in total. The lowest BCUT2D eigenvalue weighted by Gasteiger charge is -2.22. The van der Waals surface area contributed by atoms with Crippen LogP contribution in [0.4, 0.5) is 5.69 Å². The monoisotopic (exact) mass is 326 g/mol. The Morgan fingerprint density at radius 1 is 1.22 bits per heavy atom. The zero-order valence-corrected chi connectivity index (χ0v) is 12.9. The van der Waals surface area contributed by atoms with E-state index in [1.165, 1.54) is 12.1 Å². The number of nitrogens with one attached hydrogen (secondary N) is 1. The molecule has 6 heteroatoms. The van der Waals surface area contributed by atoms with Crippen LogP contribution in [0.5, 0.6) is 5.75 Å². The predicted molar refractivity (Wildman–Crippen MR) is 88.3 cm³/mol. The molecule has 1 fully saturated rings. The molecule has 0 spiro atoms. The summed E-state index contributed by atoms with van der Waals surface area (Å²) in [6.45, 7) is 0. The Bertz CT molecular complexity index is 808. The molecule has 2 heterocycles. The Hall–Kier alpha value is -2.47. The van der Waals surface area contributed by atoms with Gasteiger partial charge in [-0.1, -0.05) is 24.3 Å². The molecule has 2 amide bonds. The van der Waals surface area contributed by atoms with Crippen LogP contribution in [-0.2, 0) is 4.79 Å². The number of anilines is 1. The topological polar surface area (TPSA) is 69.6 Å². The lowest BCUT2D eigenvalue weighted by atomic mass is 10.1. The molecule has 2 atom stereocenters. The molecule has 0 aliphatic carbocycles. The highest BCUT2D eigenvalue weighted by Crippen LogP contribution is 2.48. The number of carbonyl (C=O) groups is 2. The Kier molecular flexibility index (Phi) is 3.27. The third kappa shape index (κ3) is 2.26. The standard InChI is InChI=1S/C17H14N2O3S/c20-11-5-3-4-10(8-11)18-15(21)14-9-23-17-13-7-2-1-6-12(13)16(22)19(14)17/h1-8,14,17,20H,9H2,(H,18,21)/t14-,17-/m1/s1. The number of hydrogen-bond donors (Lipinski definition) is 2. The van der Waals surface area contributed by atoms with Crippen molar-refractivity contribution >= 4 is 29.3 Å². The summed E-state index contributed by atoms with van der Waals surface area (Å²) in [5.41, 5.74) is 2.18. The lowest BCUT2D eigenvalue weighted by molar-refractivity contribution is -0.119. The number of nitrogens with zero attached hydrogens (tertiary/aromatic N) is 1. The largest absolute Gasteiger partial charge is 0.508 e. The Morgan fingerprint density at radius 2 is 2.04 bits per heavy atom. The van der Waals surface area contributed by atoms with Crippen molar-refractivity contribution < 1.29 is 14.7 Å². The van der Waals surface area contributed by atoms with Crippen molar-refractivity contribution in [2.45, 2.75) is 11.4 Å². The third-order valence-corrected chi connectivity index (χ3v) is 5.41. The van der Waals surface area contributed by atoms with Gasteiger partial charge in [-0.25, -0.2) is 0 Å². The van der Waals surface area contributed by atoms with E-state index in [1.807, 2.05) is 18.2 Å². The van der Waals surface area contributed by atoms with Gasteiger partial charge in [0.1, 0.15) is 17.2 Å². The summed E-state index contributed by atoms with van der Waals surface area (Å²) in [4.78, 5) is 26.8. The van der Waals surface area contributed by atoms with E-state index in [0.29, 0.717) is 17.0 Å². The first-order valence-corrected chi connectivity index (χ1v) is 8.33. The van der Waals surface area contributed by atoms with Crippen molar-refractivity contribution in [2.75, 3.05) is 11.1 Å². The van der Waals surface area contributed by atoms with E-state index in [2.05, 4.69) is 5.32 Å². The van der Waals surface area contributed by atoms with Gasteiger partial charge >= 0.3 is 0 Å². The summed E-state index contributed by atoms with van der Waals surface area (Å²) in [6.07, 6.45) is 0. The summed E-state index contributed by atoms with van der Waals surface area (Å²) in [7, 11) is 0. The molecule has 0 saturated carbocycles. The minimum absolute atomic E-state index is 0.0846. The van der Waals surface area contributed by atoms with Gasteiger partial charge in [0.05, 0.1) is 0 Å². The molecule has 2 aliphatic rings. The Balaban J connectivity index is 1.58. The zero-order chi connectivity index (χ0) is 16.0. The van der Waals surface area contributed by atoms with Crippen molar-refractivity contribution in [1.29, 1.82) is 0 Å². The van der Waals surface area contributed by atoms with E-state index in [-0.39, 0.29) is 22.9 Å². The van der Waals surface area contributed by atoms with Crippen molar-refractivity contribution in [3.05, 3.63) is 59.7 Å². The van der Waals surface area contributed by atoms with Gasteiger partial charge < -0.3 is 15.3 Å². The van der Waals surface area contributed by atoms with Gasteiger partial charge in [0.15, 0.2) is 0 Å². The fourth-order valence-electron chi connectivity index (χ4n) is 3.05. The highest BCUT2D eigenvalue weighted by atomic mass is 32.2. The molecule has 23 heavy (non-hydrogen) atoms. The van der Waals surface area contributed by atoms with Crippen LogP contribution in [0.15, 0.2) is 48.5 Å². The first-order valence-electron chi connectivity index (χ1n) is 7.28. The van der Waals surface area contributed by atoms with Crippen LogP contribution in [0, 0.1) is 0 Å². The van der Waals surface area contributed by atoms with Crippen molar-refractivity contribution in [2.24, 2.45) is 0 Å². The highest BCUT2D eigenvalue weighted by molar-refractivity contribution is 7.99. The fourth-order valence-corrected chi connectivity index (χ4v) is 4.52. The number of thioether (sulfide) groups is 1. The van der Waals surface area contributed by atoms with Gasteiger partial charge in [0.25, 0.3) is 5.91 Å². The maximum absolute atomic E-state index is 12.6. The molecule has 2 aromatic carbocycles. The Morgan fingerprint density at radius 3 is 2.87 bits per heavy atom. The smallest absolute Gasteiger partial charge is 0.256 e. The maximum Gasteiger partial charge on any atom is 0.256 e. The van der Waals surface area contributed by atoms with E-state index in [9.17, 15) is 14.7 Å². The van der Waals surface area contributed by atoms with E-state index in [1.54, 1.807) is 34.9 Å². The summed E-state index contributed by atoms with van der Waals surface area (Å²) < 4.78 is 0. The molecule has 0 radical (unpaired) electrons. The molecule has 4 rings (SSSR count). The average molecular weight is 326 g/mol. The van der Waals surface area contributed by atoms with Crippen LogP contribution in [0.25, 0.3) is 0 Å². The third-order valence-electron chi connectivity index (χ3n) is 4.11. The number of hydrogen-bond acceptors (Lipinski definition) is 4. The quantitative estimate of drug-likeness (QED) is 0.890. The number of rotatable bonds is 2. The van der Waals surface area contributed by atoms with Gasteiger partial charge in [-0.2, -0.15) is 0 Å². The zero-order valence-electron chi connectivity index (χ0n) is 12.1. The van der Waals surface area contributed by atoms with Crippen LogP contribution >= 0.6 is 11.8 Å². The van der Waals surface area contributed by atoms with Gasteiger partial charge in [0, 0.05) is 23.1 Å². The number of benzene rings is 2. The second-order valence-corrected chi connectivity index (χ2v) is 6.65. The van der Waals surface area contributed by atoms with Crippen molar-refractivity contribution in [1.82, 2.24) is 4.90 Å². The minimum atomic E-state index is -0.507. The van der Waals surface area contributed by atoms with E-state index in [4.69, 9.17) is 0 Å². The number of aromatic hydroxyl groups is 1. The Labute approximate surface area is 137 Å². The second-order valence-electron chi connectivity index (χ2n) is 5.54. The van der Waals surface area contributed by atoms with Crippen LogP contribution in [0.2, 0.25) is 0 Å². The van der Waals surface area contributed by atoms with Gasteiger partial charge in [0.2, 0.25) is 5.91 Å². The number of amides is 2. The average Bonchev–Trinajstić information content (AvgIpc) is 3.09. The molecule has 0 unspecified atom stereocenters. The maximum atomic E-state index is 12.6. The summed E-state index contributed by atoms with van der Waals surface area (Å²) in [6, 6.07) is 13.4. The molecule has 0 bridgehead atoms. The predicted octanol–water partition coefficient (Wildman–Crippen LogP) is 2.60. The molecular weight excluding hydrogens is 312 g/mol. The number of fused-ring (bicyclic) bond motifs is 3. The SMILES string of the molecule is O=C(Nc1cccc(O)c1)[C@H]1CS[C@@H]2c3ccccc3C(=O)N12. The molecule has 2 aliphatic heterocycles. The summed E-state index contributed by atoms with van der Waals surface area (Å²) in [5, 5.41) is 12.2. The van der Waals surface area contributed by atoms with E-state index < -0.39 is 6.04 Å². The molecule has 2 N–H and O–H groups in total. The van der Waals surface area contributed by atoms with Crippen LogP contribution in [0.1, 0.15) is 21.3 Å². The van der Waals surface area contributed by atoms with Crippen molar-refractivity contribution in [3.63, 3.8) is 0 Å². The van der Waals surface area contributed by atoms with Gasteiger partial charge in [-0.05, 0) is 23.8 Å². The van der Waals surface area contributed by atoms with E-state index >= 15 is 0 Å². The first-order chi connectivity index (χ1) is 11.1. The molecular formula is C17H14N2O3S. The molecule has 116 valence electrons. The number of phenolic OH excluding ortho intramolecular Hbond substituents is 1. The van der Waals surface area contributed by atoms with Crippen molar-refractivity contribution in [3.8, 4) is 5.75 Å². The number of carbonyl (C=O) groups excluding carboxylic acids is 2. The normalized spacial score (nSPS) is 21.9. The first kappa shape index (κ1) is 14.1. The number of phenols is 1. The van der Waals surface area contributed by atoms with Crippen LogP contribution in [0.3, 0.4) is 0 Å². The second kappa shape index (κ2) is 5.31. The van der Waals surface area contributed by atoms with Crippen LogP contribution in [-0.4, -0.2) is 33.6 Å².